The fourth-order valence-corrected chi connectivity index (χ4v) is 1.83. The summed E-state index contributed by atoms with van der Waals surface area (Å²) < 4.78 is 0. The first kappa shape index (κ1) is 21.3. The second kappa shape index (κ2) is 9.46. The van der Waals surface area contributed by atoms with Gasteiger partial charge in [0, 0.05) is 6.92 Å². The van der Waals surface area contributed by atoms with Gasteiger partial charge in [0.1, 0.15) is 0 Å². The van der Waals surface area contributed by atoms with E-state index in [2.05, 4.69) is 26.3 Å². The van der Waals surface area contributed by atoms with Gasteiger partial charge >= 0.3 is 0 Å². The Bertz CT molecular complexity index is 444. The minimum atomic E-state index is -0.533. The zero-order valence-corrected chi connectivity index (χ0v) is 15.0. The number of nitrogens with zero attached hydrogens (tertiary/aromatic N) is 2. The van der Waals surface area contributed by atoms with E-state index in [9.17, 15) is 4.79 Å². The van der Waals surface area contributed by atoms with Gasteiger partial charge in [0.15, 0.2) is 0 Å². The van der Waals surface area contributed by atoms with Gasteiger partial charge in [0.25, 0.3) is 0 Å². The maximum absolute atomic E-state index is 11.0. The lowest BCUT2D eigenvalue weighted by molar-refractivity contribution is -0.118. The normalized spacial score (nSPS) is 14.0. The van der Waals surface area contributed by atoms with Gasteiger partial charge in [-0.3, -0.25) is 4.79 Å². The molecule has 0 aliphatic heterocycles. The maximum atomic E-state index is 11.0. The largest absolute Gasteiger partial charge is 0.411 e. The molecule has 0 saturated heterocycles. The van der Waals surface area contributed by atoms with Crippen LogP contribution in [0.1, 0.15) is 48.0 Å². The quantitative estimate of drug-likeness (QED) is 0.177. The van der Waals surface area contributed by atoms with Crippen molar-refractivity contribution in [2.75, 3.05) is 19.6 Å². The van der Waals surface area contributed by atoms with E-state index < -0.39 is 5.54 Å². The summed E-state index contributed by atoms with van der Waals surface area (Å²) in [4.78, 5) is 11.0. The Labute approximate surface area is 138 Å². The van der Waals surface area contributed by atoms with Crippen molar-refractivity contribution in [3.8, 4) is 0 Å². The van der Waals surface area contributed by atoms with Crippen molar-refractivity contribution in [3.05, 3.63) is 0 Å². The molecule has 0 bridgehead atoms. The van der Waals surface area contributed by atoms with Gasteiger partial charge in [-0.25, -0.2) is 0 Å². The zero-order chi connectivity index (χ0) is 18.1. The van der Waals surface area contributed by atoms with Crippen LogP contribution in [-0.2, 0) is 4.79 Å². The minimum absolute atomic E-state index is 0.172. The lowest BCUT2D eigenvalue weighted by Gasteiger charge is -2.28. The summed E-state index contributed by atoms with van der Waals surface area (Å²) in [6.45, 7) is 12.5. The molecular weight excluding hydrogens is 298 g/mol. The molecule has 8 nitrogen and oxygen atoms in total. The van der Waals surface area contributed by atoms with Gasteiger partial charge in [0.05, 0.1) is 29.0 Å². The molecule has 0 heterocycles. The van der Waals surface area contributed by atoms with Gasteiger partial charge in [-0.1, -0.05) is 10.3 Å². The van der Waals surface area contributed by atoms with Crippen LogP contribution in [-0.4, -0.2) is 58.5 Å². The van der Waals surface area contributed by atoms with Crippen molar-refractivity contribution in [2.24, 2.45) is 10.3 Å². The summed E-state index contributed by atoms with van der Waals surface area (Å²) in [6.07, 6.45) is 0.838. The second-order valence-corrected chi connectivity index (χ2v) is 6.60. The van der Waals surface area contributed by atoms with Crippen molar-refractivity contribution < 1.29 is 15.2 Å². The van der Waals surface area contributed by atoms with Gasteiger partial charge < -0.3 is 26.4 Å². The van der Waals surface area contributed by atoms with Crippen molar-refractivity contribution in [1.29, 1.82) is 0 Å². The van der Waals surface area contributed by atoms with E-state index in [0.29, 0.717) is 18.0 Å². The summed E-state index contributed by atoms with van der Waals surface area (Å²) in [5, 5.41) is 33.7. The Kier molecular flexibility index (Phi) is 8.78. The number of amides is 1. The maximum Gasteiger partial charge on any atom is 0.217 e. The summed E-state index contributed by atoms with van der Waals surface area (Å²) in [7, 11) is 0. The highest BCUT2D eigenvalue weighted by Gasteiger charge is 2.25. The molecule has 0 aromatic carbocycles. The molecule has 23 heavy (non-hydrogen) atoms. The van der Waals surface area contributed by atoms with Crippen LogP contribution in [0.2, 0.25) is 0 Å². The average molecular weight is 329 g/mol. The van der Waals surface area contributed by atoms with Crippen LogP contribution >= 0.6 is 0 Å². The van der Waals surface area contributed by atoms with Crippen LogP contribution in [0.4, 0.5) is 0 Å². The zero-order valence-electron chi connectivity index (χ0n) is 15.0. The number of hydrogen-bond donors (Lipinski definition) is 5. The molecule has 0 unspecified atom stereocenters. The fraction of sp³-hybridized carbons (Fsp3) is 0.800. The van der Waals surface area contributed by atoms with Crippen LogP contribution in [0.15, 0.2) is 10.3 Å². The van der Waals surface area contributed by atoms with E-state index in [1.54, 1.807) is 6.92 Å². The van der Waals surface area contributed by atoms with E-state index in [1.807, 2.05) is 27.7 Å². The molecule has 0 fully saturated rings. The smallest absolute Gasteiger partial charge is 0.217 e. The van der Waals surface area contributed by atoms with Crippen LogP contribution < -0.4 is 16.0 Å². The Hall–Kier alpha value is -1.67. The highest BCUT2D eigenvalue weighted by Crippen LogP contribution is 2.07. The van der Waals surface area contributed by atoms with Crippen molar-refractivity contribution in [3.63, 3.8) is 0 Å². The summed E-state index contributed by atoms with van der Waals surface area (Å²) >= 11 is 0. The third-order valence-electron chi connectivity index (χ3n) is 3.89. The first-order valence-corrected chi connectivity index (χ1v) is 7.72. The SMILES string of the molecule is CC(=O)NC/C(=N/O)C(C)(C)NCCCNC(C)(C)/C(C)=N/O. The van der Waals surface area contributed by atoms with Crippen LogP contribution in [0.5, 0.6) is 0 Å². The van der Waals surface area contributed by atoms with E-state index in [0.717, 1.165) is 13.0 Å². The Balaban J connectivity index is 4.27. The standard InChI is InChI=1S/C15H31N5O3/c1-11(19-22)14(3,4)17-8-7-9-18-15(5,6)13(20-23)10-16-12(2)21/h17-18,22-23H,7-10H2,1-6H3,(H,16,21)/b19-11+,20-13-. The Morgan fingerprint density at radius 1 is 0.957 bits per heavy atom. The van der Waals surface area contributed by atoms with E-state index in [-0.39, 0.29) is 18.0 Å². The predicted molar refractivity (Wildman–Crippen MR) is 91.6 cm³/mol. The van der Waals surface area contributed by atoms with E-state index >= 15 is 0 Å². The molecule has 1 amide bonds. The van der Waals surface area contributed by atoms with Crippen LogP contribution in [0, 0.1) is 0 Å². The second-order valence-electron chi connectivity index (χ2n) is 6.60. The van der Waals surface area contributed by atoms with E-state index in [4.69, 9.17) is 10.4 Å². The average Bonchev–Trinajstić information content (AvgIpc) is 2.45. The lowest BCUT2D eigenvalue weighted by atomic mass is 9.97. The summed E-state index contributed by atoms with van der Waals surface area (Å²) in [5.41, 5.74) is 0.183. The first-order chi connectivity index (χ1) is 10.6. The van der Waals surface area contributed by atoms with Crippen molar-refractivity contribution in [1.82, 2.24) is 16.0 Å². The first-order valence-electron chi connectivity index (χ1n) is 7.72. The number of carbonyl (C=O) groups excluding carboxylic acids is 1. The number of nitrogens with one attached hydrogen (secondary N) is 3. The predicted octanol–water partition coefficient (Wildman–Crippen LogP) is 0.929. The fourth-order valence-electron chi connectivity index (χ4n) is 1.83. The number of hydrogen-bond acceptors (Lipinski definition) is 7. The van der Waals surface area contributed by atoms with Crippen LogP contribution in [0.3, 0.4) is 0 Å². The molecule has 0 aromatic heterocycles. The van der Waals surface area contributed by atoms with Gasteiger partial charge in [0.2, 0.25) is 5.91 Å². The minimum Gasteiger partial charge on any atom is -0.411 e. The molecule has 0 aliphatic rings. The van der Waals surface area contributed by atoms with Gasteiger partial charge in [-0.05, 0) is 54.1 Å². The Morgan fingerprint density at radius 2 is 1.48 bits per heavy atom. The molecule has 0 spiro atoms. The number of oxime groups is 2. The number of rotatable bonds is 10. The molecule has 0 rings (SSSR count). The molecule has 8 heteroatoms. The highest BCUT2D eigenvalue weighted by molar-refractivity contribution is 5.96. The molecule has 0 aromatic rings. The third kappa shape index (κ3) is 7.94. The van der Waals surface area contributed by atoms with Crippen molar-refractivity contribution >= 4 is 17.3 Å². The van der Waals surface area contributed by atoms with Crippen molar-refractivity contribution in [2.45, 2.75) is 59.0 Å². The molecule has 0 aliphatic carbocycles. The monoisotopic (exact) mass is 329 g/mol. The summed E-state index contributed by atoms with van der Waals surface area (Å²) in [5.74, 6) is -0.172. The van der Waals surface area contributed by atoms with E-state index in [1.165, 1.54) is 6.92 Å². The molecule has 5 N–H and O–H groups in total. The molecule has 134 valence electrons. The Morgan fingerprint density at radius 3 is 1.91 bits per heavy atom. The topological polar surface area (TPSA) is 118 Å². The molecular formula is C15H31N5O3. The molecule has 0 radical (unpaired) electrons. The summed E-state index contributed by atoms with van der Waals surface area (Å²) in [6, 6.07) is 0. The van der Waals surface area contributed by atoms with Crippen LogP contribution in [0.25, 0.3) is 0 Å². The van der Waals surface area contributed by atoms with Gasteiger partial charge in [-0.2, -0.15) is 0 Å². The lowest BCUT2D eigenvalue weighted by Crippen LogP contribution is -2.52. The third-order valence-corrected chi connectivity index (χ3v) is 3.89. The molecule has 0 saturated carbocycles. The highest BCUT2D eigenvalue weighted by atomic mass is 16.4. The number of carbonyl (C=O) groups is 1. The molecule has 0 atom stereocenters. The van der Waals surface area contributed by atoms with Gasteiger partial charge in [-0.15, -0.1) is 0 Å².